The van der Waals surface area contributed by atoms with Crippen LogP contribution in [-0.2, 0) is 0 Å². The molecule has 4 N–H and O–H groups in total. The number of carbonyl (C=O) groups excluding carboxylic acids is 2. The molecule has 2 rings (SSSR count). The minimum atomic E-state index is -0.444. The predicted molar refractivity (Wildman–Crippen MR) is 85.6 cm³/mol. The van der Waals surface area contributed by atoms with Crippen molar-refractivity contribution in [1.29, 1.82) is 0 Å². The normalized spacial score (nSPS) is 10.1. The van der Waals surface area contributed by atoms with Gasteiger partial charge in [0.15, 0.2) is 0 Å². The van der Waals surface area contributed by atoms with Crippen LogP contribution in [0.3, 0.4) is 0 Å². The molecule has 2 aromatic carbocycles. The van der Waals surface area contributed by atoms with Crippen molar-refractivity contribution in [2.75, 3.05) is 13.1 Å². The molecule has 0 aliphatic heterocycles. The van der Waals surface area contributed by atoms with Crippen molar-refractivity contribution in [1.82, 2.24) is 10.6 Å². The summed E-state index contributed by atoms with van der Waals surface area (Å²) in [5, 5.41) is 24.0. The first-order valence-electron chi connectivity index (χ1n) is 7.12. The van der Waals surface area contributed by atoms with Gasteiger partial charge in [-0.3, -0.25) is 9.59 Å². The highest BCUT2D eigenvalue weighted by Gasteiger charge is 2.09. The fourth-order valence-corrected chi connectivity index (χ4v) is 2.07. The first-order chi connectivity index (χ1) is 11.0. The Hall–Kier alpha value is -3.02. The van der Waals surface area contributed by atoms with Crippen LogP contribution in [0.1, 0.15) is 26.3 Å². The third-order valence-corrected chi connectivity index (χ3v) is 3.14. The molecule has 0 spiro atoms. The molecule has 6 nitrogen and oxygen atoms in total. The summed E-state index contributed by atoms with van der Waals surface area (Å²) in [6.45, 7) is 2.40. The summed E-state index contributed by atoms with van der Waals surface area (Å²) < 4.78 is 0. The standard InChI is InChI=1S/C17H18N2O4/c1-11-3-2-4-12(7-11)16(22)18-5-6-19-17(23)13-8-14(20)10-15(21)9-13/h2-4,7-10,20-21H,5-6H2,1H3,(H,18,22)(H,19,23). The van der Waals surface area contributed by atoms with E-state index >= 15 is 0 Å². The lowest BCUT2D eigenvalue weighted by molar-refractivity contribution is 0.0927. The average molecular weight is 314 g/mol. The summed E-state index contributed by atoms with van der Waals surface area (Å²) >= 11 is 0. The van der Waals surface area contributed by atoms with E-state index in [9.17, 15) is 19.8 Å². The second-order valence-electron chi connectivity index (χ2n) is 5.12. The van der Waals surface area contributed by atoms with Gasteiger partial charge in [-0.15, -0.1) is 0 Å². The molecule has 0 saturated heterocycles. The maximum absolute atomic E-state index is 11.9. The number of hydrogen-bond donors (Lipinski definition) is 4. The molecular formula is C17H18N2O4. The van der Waals surface area contributed by atoms with E-state index in [1.54, 1.807) is 18.2 Å². The smallest absolute Gasteiger partial charge is 0.251 e. The van der Waals surface area contributed by atoms with Gasteiger partial charge in [-0.25, -0.2) is 0 Å². The zero-order chi connectivity index (χ0) is 16.8. The van der Waals surface area contributed by atoms with Crippen molar-refractivity contribution in [2.24, 2.45) is 0 Å². The molecule has 120 valence electrons. The molecular weight excluding hydrogens is 296 g/mol. The molecule has 0 aliphatic carbocycles. The lowest BCUT2D eigenvalue weighted by Crippen LogP contribution is -2.34. The lowest BCUT2D eigenvalue weighted by atomic mass is 10.1. The van der Waals surface area contributed by atoms with Crippen molar-refractivity contribution in [3.63, 3.8) is 0 Å². The number of hydrogen-bond acceptors (Lipinski definition) is 4. The molecule has 2 amide bonds. The molecule has 0 unspecified atom stereocenters. The number of phenolic OH excluding ortho intramolecular Hbond substituents is 2. The Labute approximate surface area is 133 Å². The lowest BCUT2D eigenvalue weighted by Gasteiger charge is -2.08. The SMILES string of the molecule is Cc1cccc(C(=O)NCCNC(=O)c2cc(O)cc(O)c2)c1. The number of carbonyl (C=O) groups is 2. The van der Waals surface area contributed by atoms with E-state index in [-0.39, 0.29) is 36.1 Å². The van der Waals surface area contributed by atoms with Gasteiger partial charge in [0.2, 0.25) is 0 Å². The molecule has 0 fully saturated rings. The zero-order valence-corrected chi connectivity index (χ0v) is 12.7. The summed E-state index contributed by atoms with van der Waals surface area (Å²) in [7, 11) is 0. The molecule has 6 heteroatoms. The molecule has 0 aromatic heterocycles. The molecule has 0 radical (unpaired) electrons. The number of rotatable bonds is 5. The van der Waals surface area contributed by atoms with Gasteiger partial charge in [0, 0.05) is 30.3 Å². The van der Waals surface area contributed by atoms with Crippen molar-refractivity contribution >= 4 is 11.8 Å². The van der Waals surface area contributed by atoms with E-state index in [1.807, 2.05) is 13.0 Å². The van der Waals surface area contributed by atoms with E-state index in [0.717, 1.165) is 11.6 Å². The van der Waals surface area contributed by atoms with Crippen molar-refractivity contribution in [3.05, 3.63) is 59.2 Å². The van der Waals surface area contributed by atoms with Gasteiger partial charge in [0.05, 0.1) is 0 Å². The van der Waals surface area contributed by atoms with Crippen LogP contribution in [0.15, 0.2) is 42.5 Å². The first-order valence-corrected chi connectivity index (χ1v) is 7.12. The summed E-state index contributed by atoms with van der Waals surface area (Å²) in [5.41, 5.74) is 1.70. The first kappa shape index (κ1) is 16.4. The highest BCUT2D eigenvalue weighted by molar-refractivity contribution is 5.95. The van der Waals surface area contributed by atoms with Crippen LogP contribution in [0, 0.1) is 6.92 Å². The molecule has 23 heavy (non-hydrogen) atoms. The minimum Gasteiger partial charge on any atom is -0.508 e. The Morgan fingerprint density at radius 1 is 0.870 bits per heavy atom. The quantitative estimate of drug-likeness (QED) is 0.630. The van der Waals surface area contributed by atoms with Gasteiger partial charge in [0.1, 0.15) is 11.5 Å². The van der Waals surface area contributed by atoms with Gasteiger partial charge >= 0.3 is 0 Å². The van der Waals surface area contributed by atoms with E-state index in [1.165, 1.54) is 12.1 Å². The summed E-state index contributed by atoms with van der Waals surface area (Å²) in [6, 6.07) is 10.8. The van der Waals surface area contributed by atoms with Gasteiger partial charge in [-0.05, 0) is 31.2 Å². The van der Waals surface area contributed by atoms with E-state index in [2.05, 4.69) is 10.6 Å². The average Bonchev–Trinajstić information content (AvgIpc) is 2.50. The largest absolute Gasteiger partial charge is 0.508 e. The highest BCUT2D eigenvalue weighted by Crippen LogP contribution is 2.20. The van der Waals surface area contributed by atoms with Gasteiger partial charge in [0.25, 0.3) is 11.8 Å². The third-order valence-electron chi connectivity index (χ3n) is 3.14. The number of aryl methyl sites for hydroxylation is 1. The molecule has 0 heterocycles. The highest BCUT2D eigenvalue weighted by atomic mass is 16.3. The summed E-state index contributed by atoms with van der Waals surface area (Å²) in [5.74, 6) is -1.04. The van der Waals surface area contributed by atoms with Crippen LogP contribution in [0.2, 0.25) is 0 Å². The topological polar surface area (TPSA) is 98.7 Å². The van der Waals surface area contributed by atoms with Crippen molar-refractivity contribution < 1.29 is 19.8 Å². The monoisotopic (exact) mass is 314 g/mol. The maximum atomic E-state index is 11.9. The fourth-order valence-electron chi connectivity index (χ4n) is 2.07. The van der Waals surface area contributed by atoms with Crippen LogP contribution < -0.4 is 10.6 Å². The van der Waals surface area contributed by atoms with Gasteiger partial charge < -0.3 is 20.8 Å². The Balaban J connectivity index is 1.81. The van der Waals surface area contributed by atoms with Crippen molar-refractivity contribution in [2.45, 2.75) is 6.92 Å². The third kappa shape index (κ3) is 4.74. The Morgan fingerprint density at radius 3 is 2.00 bits per heavy atom. The summed E-state index contributed by atoms with van der Waals surface area (Å²) in [6.07, 6.45) is 0. The number of amides is 2. The Morgan fingerprint density at radius 2 is 1.43 bits per heavy atom. The second kappa shape index (κ2) is 7.31. The van der Waals surface area contributed by atoms with Crippen LogP contribution in [0.5, 0.6) is 11.5 Å². The summed E-state index contributed by atoms with van der Waals surface area (Å²) in [4.78, 5) is 23.8. The van der Waals surface area contributed by atoms with E-state index in [4.69, 9.17) is 0 Å². The molecule has 2 aromatic rings. The molecule has 0 bridgehead atoms. The van der Waals surface area contributed by atoms with Crippen molar-refractivity contribution in [3.8, 4) is 11.5 Å². The zero-order valence-electron chi connectivity index (χ0n) is 12.7. The molecule has 0 saturated carbocycles. The Kier molecular flexibility index (Phi) is 5.19. The number of phenols is 2. The van der Waals surface area contributed by atoms with Crippen LogP contribution in [-0.4, -0.2) is 35.1 Å². The van der Waals surface area contributed by atoms with Crippen LogP contribution >= 0.6 is 0 Å². The minimum absolute atomic E-state index is 0.146. The van der Waals surface area contributed by atoms with Gasteiger partial charge in [-0.1, -0.05) is 17.7 Å². The van der Waals surface area contributed by atoms with E-state index < -0.39 is 5.91 Å². The number of nitrogens with one attached hydrogen (secondary N) is 2. The van der Waals surface area contributed by atoms with Crippen LogP contribution in [0.25, 0.3) is 0 Å². The predicted octanol–water partition coefficient (Wildman–Crippen LogP) is 1.57. The fraction of sp³-hybridized carbons (Fsp3) is 0.176. The molecule has 0 atom stereocenters. The number of aromatic hydroxyl groups is 2. The Bertz CT molecular complexity index is 708. The number of benzene rings is 2. The van der Waals surface area contributed by atoms with Crippen LogP contribution in [0.4, 0.5) is 0 Å². The molecule has 0 aliphatic rings. The van der Waals surface area contributed by atoms with E-state index in [0.29, 0.717) is 5.56 Å². The maximum Gasteiger partial charge on any atom is 0.251 e. The second-order valence-corrected chi connectivity index (χ2v) is 5.12. The van der Waals surface area contributed by atoms with Gasteiger partial charge in [-0.2, -0.15) is 0 Å².